The first-order valence-electron chi connectivity index (χ1n) is 10.2. The third-order valence-corrected chi connectivity index (χ3v) is 5.69. The van der Waals surface area contributed by atoms with Gasteiger partial charge in [-0.05, 0) is 55.8 Å². The summed E-state index contributed by atoms with van der Waals surface area (Å²) in [4.78, 5) is 46.5. The van der Waals surface area contributed by atoms with E-state index < -0.39 is 16.1 Å². The SMILES string of the molecule is CCOC(=O)c1ccc(NC(=O)CC2S/C(=N/N=C(\C)c3ccc([N+](=O)[O-])cc3)NC2=O)cc1. The second-order valence-corrected chi connectivity index (χ2v) is 8.23. The van der Waals surface area contributed by atoms with Gasteiger partial charge in [0.15, 0.2) is 5.17 Å². The Morgan fingerprint density at radius 2 is 1.79 bits per heavy atom. The molecular weight excluding hydrogens is 462 g/mol. The summed E-state index contributed by atoms with van der Waals surface area (Å²) in [6, 6.07) is 12.1. The second kappa shape index (κ2) is 11.2. The molecular formula is C22H21N5O6S. The molecule has 0 spiro atoms. The van der Waals surface area contributed by atoms with Crippen LogP contribution < -0.4 is 10.6 Å². The molecule has 11 nitrogen and oxygen atoms in total. The van der Waals surface area contributed by atoms with Gasteiger partial charge in [0.05, 0.1) is 22.8 Å². The van der Waals surface area contributed by atoms with E-state index in [9.17, 15) is 24.5 Å². The normalized spacial score (nSPS) is 16.8. The minimum atomic E-state index is -0.674. The molecule has 12 heteroatoms. The highest BCUT2D eigenvalue weighted by atomic mass is 32.2. The van der Waals surface area contributed by atoms with Crippen molar-refractivity contribution >= 4 is 51.8 Å². The zero-order valence-corrected chi connectivity index (χ0v) is 19.1. The van der Waals surface area contributed by atoms with Crippen molar-refractivity contribution in [2.24, 2.45) is 10.2 Å². The summed E-state index contributed by atoms with van der Waals surface area (Å²) in [6.07, 6.45) is -0.0831. The summed E-state index contributed by atoms with van der Waals surface area (Å²) in [5.74, 6) is -1.18. The third-order valence-electron chi connectivity index (χ3n) is 4.61. The Morgan fingerprint density at radius 3 is 2.41 bits per heavy atom. The summed E-state index contributed by atoms with van der Waals surface area (Å²) in [5.41, 5.74) is 1.98. The number of hydrogen-bond acceptors (Lipinski definition) is 9. The fourth-order valence-electron chi connectivity index (χ4n) is 2.87. The lowest BCUT2D eigenvalue weighted by Gasteiger charge is -2.08. The van der Waals surface area contributed by atoms with Crippen molar-refractivity contribution < 1.29 is 24.0 Å². The molecule has 176 valence electrons. The van der Waals surface area contributed by atoms with Crippen LogP contribution in [-0.2, 0) is 14.3 Å². The van der Waals surface area contributed by atoms with Crippen molar-refractivity contribution in [3.8, 4) is 0 Å². The van der Waals surface area contributed by atoms with Crippen LogP contribution in [0.2, 0.25) is 0 Å². The number of amides is 2. The molecule has 1 atom stereocenters. The van der Waals surface area contributed by atoms with Gasteiger partial charge in [-0.2, -0.15) is 5.10 Å². The number of nitrogens with one attached hydrogen (secondary N) is 2. The van der Waals surface area contributed by atoms with E-state index >= 15 is 0 Å². The first-order chi connectivity index (χ1) is 16.3. The van der Waals surface area contributed by atoms with Gasteiger partial charge < -0.3 is 15.4 Å². The highest BCUT2D eigenvalue weighted by molar-refractivity contribution is 8.15. The Bertz CT molecular complexity index is 1160. The van der Waals surface area contributed by atoms with Crippen molar-refractivity contribution in [1.29, 1.82) is 0 Å². The van der Waals surface area contributed by atoms with Crippen LogP contribution in [-0.4, -0.2) is 45.4 Å². The van der Waals surface area contributed by atoms with Crippen molar-refractivity contribution in [3.05, 3.63) is 69.8 Å². The van der Waals surface area contributed by atoms with Crippen LogP contribution in [0.5, 0.6) is 0 Å². The number of nitro groups is 1. The fraction of sp³-hybridized carbons (Fsp3) is 0.227. The van der Waals surface area contributed by atoms with Crippen molar-refractivity contribution in [1.82, 2.24) is 5.32 Å². The molecule has 1 aliphatic heterocycles. The lowest BCUT2D eigenvalue weighted by Crippen LogP contribution is -2.28. The molecule has 0 bridgehead atoms. The second-order valence-electron chi connectivity index (χ2n) is 7.04. The van der Waals surface area contributed by atoms with Crippen LogP contribution in [0.25, 0.3) is 0 Å². The number of non-ortho nitro benzene ring substituents is 1. The molecule has 0 aromatic heterocycles. The third kappa shape index (κ3) is 6.48. The van der Waals surface area contributed by atoms with Crippen LogP contribution in [0.1, 0.15) is 36.2 Å². The van der Waals surface area contributed by atoms with E-state index in [1.807, 2.05) is 0 Å². The quantitative estimate of drug-likeness (QED) is 0.253. The molecule has 1 saturated heterocycles. The van der Waals surface area contributed by atoms with Crippen molar-refractivity contribution in [2.75, 3.05) is 11.9 Å². The van der Waals surface area contributed by atoms with Crippen LogP contribution in [0, 0.1) is 10.1 Å². The molecule has 1 heterocycles. The largest absolute Gasteiger partial charge is 0.462 e. The van der Waals surface area contributed by atoms with Gasteiger partial charge in [0.25, 0.3) is 5.69 Å². The molecule has 1 unspecified atom stereocenters. The number of thioether (sulfide) groups is 1. The molecule has 0 aliphatic carbocycles. The number of esters is 1. The predicted octanol–water partition coefficient (Wildman–Crippen LogP) is 3.11. The number of benzene rings is 2. The molecule has 2 N–H and O–H groups in total. The zero-order valence-electron chi connectivity index (χ0n) is 18.3. The Hall–Kier alpha value is -4.06. The van der Waals surface area contributed by atoms with Gasteiger partial charge in [-0.1, -0.05) is 11.8 Å². The fourth-order valence-corrected chi connectivity index (χ4v) is 3.79. The van der Waals surface area contributed by atoms with Crippen LogP contribution in [0.3, 0.4) is 0 Å². The number of anilines is 1. The first-order valence-corrected chi connectivity index (χ1v) is 11.1. The predicted molar refractivity (Wildman–Crippen MR) is 128 cm³/mol. The summed E-state index contributed by atoms with van der Waals surface area (Å²) in [7, 11) is 0. The maximum Gasteiger partial charge on any atom is 0.338 e. The summed E-state index contributed by atoms with van der Waals surface area (Å²) in [6.45, 7) is 3.67. The van der Waals surface area contributed by atoms with E-state index in [1.54, 1.807) is 50.2 Å². The van der Waals surface area contributed by atoms with Gasteiger partial charge in [-0.15, -0.1) is 5.10 Å². The lowest BCUT2D eigenvalue weighted by molar-refractivity contribution is -0.384. The van der Waals surface area contributed by atoms with Gasteiger partial charge in [0.2, 0.25) is 11.8 Å². The number of hydrogen-bond donors (Lipinski definition) is 2. The summed E-state index contributed by atoms with van der Waals surface area (Å²) >= 11 is 1.08. The van der Waals surface area contributed by atoms with Gasteiger partial charge in [-0.25, -0.2) is 4.79 Å². The van der Waals surface area contributed by atoms with Crippen LogP contribution in [0.15, 0.2) is 58.7 Å². The average Bonchev–Trinajstić information content (AvgIpc) is 3.16. The molecule has 34 heavy (non-hydrogen) atoms. The lowest BCUT2D eigenvalue weighted by atomic mass is 10.1. The first kappa shape index (κ1) is 24.6. The van der Waals surface area contributed by atoms with E-state index in [1.165, 1.54) is 12.1 Å². The number of ether oxygens (including phenoxy) is 1. The highest BCUT2D eigenvalue weighted by Crippen LogP contribution is 2.23. The van der Waals surface area contributed by atoms with Crippen LogP contribution in [0.4, 0.5) is 11.4 Å². The molecule has 2 amide bonds. The van der Waals surface area contributed by atoms with E-state index in [-0.39, 0.29) is 35.7 Å². The Morgan fingerprint density at radius 1 is 1.15 bits per heavy atom. The number of nitro benzene ring substituents is 1. The standard InChI is InChI=1S/C22H21N5O6S/c1-3-33-21(30)15-4-8-16(9-5-15)23-19(28)12-18-20(29)24-22(34-18)26-25-13(2)14-6-10-17(11-7-14)27(31)32/h4-11,18H,3,12H2,1-2H3,(H,23,28)(H,24,26,29)/b25-13+. The van der Waals surface area contributed by atoms with Gasteiger partial charge in [-0.3, -0.25) is 19.7 Å². The van der Waals surface area contributed by atoms with Gasteiger partial charge in [0.1, 0.15) is 5.25 Å². The smallest absolute Gasteiger partial charge is 0.338 e. The van der Waals surface area contributed by atoms with E-state index in [2.05, 4.69) is 20.8 Å². The molecule has 3 rings (SSSR count). The maximum absolute atomic E-state index is 12.4. The Labute approximate surface area is 198 Å². The van der Waals surface area contributed by atoms with Crippen LogP contribution >= 0.6 is 11.8 Å². The van der Waals surface area contributed by atoms with E-state index in [0.29, 0.717) is 22.5 Å². The topological polar surface area (TPSA) is 152 Å². The van der Waals surface area contributed by atoms with E-state index in [4.69, 9.17) is 4.74 Å². The number of carbonyl (C=O) groups excluding carboxylic acids is 3. The summed E-state index contributed by atoms with van der Waals surface area (Å²) in [5, 5.41) is 23.7. The highest BCUT2D eigenvalue weighted by Gasteiger charge is 2.32. The van der Waals surface area contributed by atoms with Crippen molar-refractivity contribution in [2.45, 2.75) is 25.5 Å². The number of rotatable bonds is 8. The number of carbonyl (C=O) groups is 3. The zero-order chi connectivity index (χ0) is 24.7. The minimum Gasteiger partial charge on any atom is -0.462 e. The average molecular weight is 484 g/mol. The molecule has 0 saturated carbocycles. The maximum atomic E-state index is 12.4. The van der Waals surface area contributed by atoms with Gasteiger partial charge in [0, 0.05) is 24.2 Å². The molecule has 1 fully saturated rings. The monoisotopic (exact) mass is 483 g/mol. The molecule has 2 aromatic carbocycles. The van der Waals surface area contributed by atoms with E-state index in [0.717, 1.165) is 11.8 Å². The summed E-state index contributed by atoms with van der Waals surface area (Å²) < 4.78 is 4.91. The number of nitrogens with zero attached hydrogens (tertiary/aromatic N) is 3. The minimum absolute atomic E-state index is 0.0301. The van der Waals surface area contributed by atoms with Gasteiger partial charge >= 0.3 is 5.97 Å². The molecule has 2 aromatic rings. The van der Waals surface area contributed by atoms with Crippen molar-refractivity contribution in [3.63, 3.8) is 0 Å². The number of amidine groups is 1. The molecule has 1 aliphatic rings. The Balaban J connectivity index is 1.56. The molecule has 0 radical (unpaired) electrons. The Kier molecular flexibility index (Phi) is 8.09.